The van der Waals surface area contributed by atoms with Gasteiger partial charge in [0.25, 0.3) is 5.56 Å². The number of fused-ring (bicyclic) bond motifs is 3. The van der Waals surface area contributed by atoms with Crippen LogP contribution in [0.3, 0.4) is 0 Å². The van der Waals surface area contributed by atoms with Crippen molar-refractivity contribution in [3.63, 3.8) is 0 Å². The molecule has 0 saturated carbocycles. The second kappa shape index (κ2) is 5.40. The minimum absolute atomic E-state index is 0.0657. The Labute approximate surface area is 125 Å². The van der Waals surface area contributed by atoms with Crippen LogP contribution in [-0.4, -0.2) is 30.0 Å². The maximum absolute atomic E-state index is 12.6. The SMILES string of the molecule is CCCn1c(=O)c2cccc(O)c2n2c(SCC)nnc12. The molecule has 2 heterocycles. The molecule has 110 valence electrons. The molecule has 2 aromatic heterocycles. The Morgan fingerprint density at radius 2 is 2.10 bits per heavy atom. The summed E-state index contributed by atoms with van der Waals surface area (Å²) in [6, 6.07) is 4.98. The average molecular weight is 304 g/mol. The lowest BCUT2D eigenvalue weighted by atomic mass is 10.2. The summed E-state index contributed by atoms with van der Waals surface area (Å²) >= 11 is 1.53. The highest BCUT2D eigenvalue weighted by Gasteiger charge is 2.18. The van der Waals surface area contributed by atoms with Crippen LogP contribution in [0.5, 0.6) is 5.75 Å². The molecule has 21 heavy (non-hydrogen) atoms. The highest BCUT2D eigenvalue weighted by Crippen LogP contribution is 2.27. The monoisotopic (exact) mass is 304 g/mol. The molecular weight excluding hydrogens is 288 g/mol. The maximum atomic E-state index is 12.6. The molecule has 0 saturated heterocycles. The van der Waals surface area contributed by atoms with E-state index in [1.165, 1.54) is 11.8 Å². The van der Waals surface area contributed by atoms with E-state index in [1.54, 1.807) is 27.2 Å². The van der Waals surface area contributed by atoms with E-state index >= 15 is 0 Å². The zero-order valence-electron chi connectivity index (χ0n) is 11.9. The van der Waals surface area contributed by atoms with E-state index in [2.05, 4.69) is 10.2 Å². The normalized spacial score (nSPS) is 11.5. The molecule has 6 nitrogen and oxygen atoms in total. The fourth-order valence-corrected chi connectivity index (χ4v) is 3.11. The molecule has 1 N–H and O–H groups in total. The predicted octanol–water partition coefficient (Wildman–Crippen LogP) is 2.27. The molecule has 0 aliphatic carbocycles. The number of nitrogens with zero attached hydrogens (tertiary/aromatic N) is 4. The van der Waals surface area contributed by atoms with Crippen molar-refractivity contribution < 1.29 is 5.11 Å². The van der Waals surface area contributed by atoms with E-state index in [4.69, 9.17) is 0 Å². The zero-order valence-corrected chi connectivity index (χ0v) is 12.7. The molecule has 3 aromatic rings. The van der Waals surface area contributed by atoms with Crippen molar-refractivity contribution in [2.75, 3.05) is 5.75 Å². The van der Waals surface area contributed by atoms with Gasteiger partial charge in [-0.25, -0.2) is 0 Å². The summed E-state index contributed by atoms with van der Waals surface area (Å²) in [5.74, 6) is 1.38. The molecule has 0 bridgehead atoms. The average Bonchev–Trinajstić information content (AvgIpc) is 2.87. The van der Waals surface area contributed by atoms with Gasteiger partial charge in [0, 0.05) is 6.54 Å². The van der Waals surface area contributed by atoms with Gasteiger partial charge in [-0.1, -0.05) is 31.7 Å². The van der Waals surface area contributed by atoms with Crippen LogP contribution in [0.4, 0.5) is 0 Å². The van der Waals surface area contributed by atoms with Crippen molar-refractivity contribution in [3.8, 4) is 5.75 Å². The minimum Gasteiger partial charge on any atom is -0.506 e. The van der Waals surface area contributed by atoms with Crippen LogP contribution in [0.2, 0.25) is 0 Å². The molecule has 0 radical (unpaired) electrons. The van der Waals surface area contributed by atoms with Crippen LogP contribution in [0, 0.1) is 0 Å². The van der Waals surface area contributed by atoms with Crippen molar-refractivity contribution in [1.82, 2.24) is 19.2 Å². The topological polar surface area (TPSA) is 72.4 Å². The lowest BCUT2D eigenvalue weighted by molar-refractivity contribution is 0.479. The molecule has 0 aliphatic heterocycles. The third-order valence-corrected chi connectivity index (χ3v) is 4.10. The first-order chi connectivity index (χ1) is 10.2. The second-order valence-corrected chi connectivity index (χ2v) is 5.91. The van der Waals surface area contributed by atoms with E-state index in [0.717, 1.165) is 12.2 Å². The van der Waals surface area contributed by atoms with Gasteiger partial charge in [-0.05, 0) is 24.3 Å². The molecule has 0 amide bonds. The number of phenols is 1. The van der Waals surface area contributed by atoms with Gasteiger partial charge in [0.05, 0.1) is 5.39 Å². The predicted molar refractivity (Wildman–Crippen MR) is 83.1 cm³/mol. The number of hydrogen-bond acceptors (Lipinski definition) is 5. The van der Waals surface area contributed by atoms with E-state index in [0.29, 0.717) is 28.4 Å². The third kappa shape index (κ3) is 2.08. The van der Waals surface area contributed by atoms with Crippen molar-refractivity contribution in [3.05, 3.63) is 28.6 Å². The van der Waals surface area contributed by atoms with E-state index in [-0.39, 0.29) is 11.3 Å². The Morgan fingerprint density at radius 1 is 1.29 bits per heavy atom. The molecule has 0 fully saturated rings. The standard InChI is InChI=1S/C14H16N4O2S/c1-3-8-17-12(20)9-6-5-7-10(19)11(9)18-13(17)15-16-14(18)21-4-2/h5-7,19H,3-4,8H2,1-2H3. The smallest absolute Gasteiger partial charge is 0.262 e. The van der Waals surface area contributed by atoms with Crippen molar-refractivity contribution in [1.29, 1.82) is 0 Å². The molecule has 0 unspecified atom stereocenters. The summed E-state index contributed by atoms with van der Waals surface area (Å²) in [6.45, 7) is 4.60. The maximum Gasteiger partial charge on any atom is 0.262 e. The fourth-order valence-electron chi connectivity index (χ4n) is 2.46. The Morgan fingerprint density at radius 3 is 2.81 bits per heavy atom. The minimum atomic E-state index is -0.143. The summed E-state index contributed by atoms with van der Waals surface area (Å²) in [5.41, 5.74) is 0.335. The van der Waals surface area contributed by atoms with Gasteiger partial charge in [0.2, 0.25) is 5.78 Å². The Kier molecular flexibility index (Phi) is 3.59. The Balaban J connectivity index is 2.54. The molecule has 3 rings (SSSR count). The van der Waals surface area contributed by atoms with E-state index in [1.807, 2.05) is 13.8 Å². The molecule has 7 heteroatoms. The van der Waals surface area contributed by atoms with Crippen LogP contribution >= 0.6 is 11.8 Å². The van der Waals surface area contributed by atoms with Crippen LogP contribution in [-0.2, 0) is 6.54 Å². The number of aromatic hydroxyl groups is 1. The van der Waals surface area contributed by atoms with Gasteiger partial charge in [-0.2, -0.15) is 0 Å². The van der Waals surface area contributed by atoms with Gasteiger partial charge in [0.15, 0.2) is 5.16 Å². The highest BCUT2D eigenvalue weighted by molar-refractivity contribution is 7.99. The third-order valence-electron chi connectivity index (χ3n) is 3.29. The van der Waals surface area contributed by atoms with E-state index < -0.39 is 0 Å². The highest BCUT2D eigenvalue weighted by atomic mass is 32.2. The summed E-state index contributed by atoms with van der Waals surface area (Å²) in [5, 5.41) is 19.7. The van der Waals surface area contributed by atoms with Crippen molar-refractivity contribution in [2.24, 2.45) is 0 Å². The summed E-state index contributed by atoms with van der Waals surface area (Å²) in [7, 11) is 0. The fraction of sp³-hybridized carbons (Fsp3) is 0.357. The van der Waals surface area contributed by atoms with Gasteiger partial charge in [-0.3, -0.25) is 13.8 Å². The number of phenolic OH excluding ortho intramolecular Hbond substituents is 1. The second-order valence-electron chi connectivity index (χ2n) is 4.68. The van der Waals surface area contributed by atoms with E-state index in [9.17, 15) is 9.90 Å². The first-order valence-electron chi connectivity index (χ1n) is 6.91. The van der Waals surface area contributed by atoms with Crippen LogP contribution in [0.25, 0.3) is 16.7 Å². The summed E-state index contributed by atoms with van der Waals surface area (Å²) in [6.07, 6.45) is 0.822. The molecule has 1 aromatic carbocycles. The van der Waals surface area contributed by atoms with Crippen LogP contribution in [0.1, 0.15) is 20.3 Å². The van der Waals surface area contributed by atoms with Gasteiger partial charge in [0.1, 0.15) is 11.3 Å². The number of rotatable bonds is 4. The molecular formula is C14H16N4O2S. The Bertz CT molecular complexity index is 869. The van der Waals surface area contributed by atoms with Crippen molar-refractivity contribution >= 4 is 28.4 Å². The number of aryl methyl sites for hydroxylation is 1. The zero-order chi connectivity index (χ0) is 15.0. The summed E-state index contributed by atoms with van der Waals surface area (Å²) in [4.78, 5) is 12.6. The van der Waals surface area contributed by atoms with Gasteiger partial charge >= 0.3 is 0 Å². The quantitative estimate of drug-likeness (QED) is 0.749. The number of thioether (sulfide) groups is 1. The molecule has 0 atom stereocenters. The van der Waals surface area contributed by atoms with Crippen molar-refractivity contribution in [2.45, 2.75) is 32.0 Å². The number of aromatic nitrogens is 4. The lowest BCUT2D eigenvalue weighted by Crippen LogP contribution is -2.23. The number of para-hydroxylation sites is 1. The largest absolute Gasteiger partial charge is 0.506 e. The van der Waals surface area contributed by atoms with Crippen LogP contribution in [0.15, 0.2) is 28.2 Å². The Hall–Kier alpha value is -2.02. The first-order valence-corrected chi connectivity index (χ1v) is 7.90. The first kappa shape index (κ1) is 13.9. The van der Waals surface area contributed by atoms with Crippen LogP contribution < -0.4 is 5.56 Å². The number of hydrogen-bond donors (Lipinski definition) is 1. The van der Waals surface area contributed by atoms with Gasteiger partial charge < -0.3 is 5.11 Å². The molecule has 0 spiro atoms. The molecule has 0 aliphatic rings. The summed E-state index contributed by atoms with van der Waals surface area (Å²) < 4.78 is 3.39. The number of benzene rings is 1. The lowest BCUT2D eigenvalue weighted by Gasteiger charge is -2.11. The van der Waals surface area contributed by atoms with Gasteiger partial charge in [-0.15, -0.1) is 10.2 Å².